The maximum atomic E-state index is 9.66. The number of hydrogen-bond acceptors (Lipinski definition) is 3. The van der Waals surface area contributed by atoms with Crippen LogP contribution >= 0.6 is 15.9 Å². The maximum absolute atomic E-state index is 9.66. The monoisotopic (exact) mass is 272 g/mol. The third-order valence-electron chi connectivity index (χ3n) is 2.30. The van der Waals surface area contributed by atoms with Gasteiger partial charge in [-0.15, -0.1) is 0 Å². The Morgan fingerprint density at radius 1 is 1.27 bits per heavy atom. The molecule has 1 aromatic rings. The maximum Gasteiger partial charge on any atom is 0.161 e. The predicted octanol–water partition coefficient (Wildman–Crippen LogP) is 2.28. The molecule has 4 heteroatoms. The Labute approximate surface area is 97.1 Å². The van der Waals surface area contributed by atoms with Crippen molar-refractivity contribution in [3.05, 3.63) is 23.8 Å². The third kappa shape index (κ3) is 2.44. The summed E-state index contributed by atoms with van der Waals surface area (Å²) < 4.78 is 11.0. The fourth-order valence-corrected chi connectivity index (χ4v) is 1.85. The first-order valence-electron chi connectivity index (χ1n) is 4.95. The van der Waals surface area contributed by atoms with E-state index in [0.717, 1.165) is 23.5 Å². The van der Waals surface area contributed by atoms with Gasteiger partial charge in [0.2, 0.25) is 0 Å². The number of fused-ring (bicyclic) bond motifs is 1. The van der Waals surface area contributed by atoms with Crippen LogP contribution in [0.15, 0.2) is 18.2 Å². The molecule has 1 aromatic carbocycles. The number of halogens is 1. The molecule has 3 nitrogen and oxygen atoms in total. The van der Waals surface area contributed by atoms with E-state index in [2.05, 4.69) is 15.9 Å². The molecule has 82 valence electrons. The molecule has 15 heavy (non-hydrogen) atoms. The van der Waals surface area contributed by atoms with Gasteiger partial charge in [-0.2, -0.15) is 0 Å². The molecular weight excluding hydrogens is 260 g/mol. The summed E-state index contributed by atoms with van der Waals surface area (Å²) in [6.45, 7) is 1.36. The third-order valence-corrected chi connectivity index (χ3v) is 2.92. The molecule has 0 amide bonds. The van der Waals surface area contributed by atoms with Gasteiger partial charge >= 0.3 is 0 Å². The molecule has 0 aromatic heterocycles. The normalized spacial score (nSPS) is 16.9. The van der Waals surface area contributed by atoms with Crippen molar-refractivity contribution in [2.45, 2.75) is 12.5 Å². The van der Waals surface area contributed by atoms with E-state index in [4.69, 9.17) is 9.47 Å². The lowest BCUT2D eigenvalue weighted by Gasteiger charge is -2.11. The van der Waals surface area contributed by atoms with Crippen LogP contribution in [0, 0.1) is 0 Å². The Hall–Kier alpha value is -0.740. The van der Waals surface area contributed by atoms with Gasteiger partial charge in [-0.25, -0.2) is 0 Å². The van der Waals surface area contributed by atoms with Crippen molar-refractivity contribution in [3.8, 4) is 11.5 Å². The second kappa shape index (κ2) is 4.86. The number of aliphatic hydroxyl groups is 1. The van der Waals surface area contributed by atoms with Crippen LogP contribution < -0.4 is 9.47 Å². The minimum Gasteiger partial charge on any atom is -0.490 e. The van der Waals surface area contributed by atoms with Gasteiger partial charge in [-0.05, 0) is 17.7 Å². The van der Waals surface area contributed by atoms with Crippen molar-refractivity contribution < 1.29 is 14.6 Å². The zero-order chi connectivity index (χ0) is 10.7. The van der Waals surface area contributed by atoms with Gasteiger partial charge < -0.3 is 14.6 Å². The van der Waals surface area contributed by atoms with Crippen LogP contribution in [-0.4, -0.2) is 23.7 Å². The summed E-state index contributed by atoms with van der Waals surface area (Å²) in [6, 6.07) is 5.55. The van der Waals surface area contributed by atoms with Crippen molar-refractivity contribution in [3.63, 3.8) is 0 Å². The molecule has 0 radical (unpaired) electrons. The van der Waals surface area contributed by atoms with Crippen LogP contribution in [0.25, 0.3) is 0 Å². The Balaban J connectivity index is 2.27. The van der Waals surface area contributed by atoms with Gasteiger partial charge in [0.25, 0.3) is 0 Å². The SMILES string of the molecule is O[C@H](CBr)c1ccc2c(c1)OCCCO2. The lowest BCUT2D eigenvalue weighted by atomic mass is 10.1. The molecule has 2 rings (SSSR count). The van der Waals surface area contributed by atoms with E-state index in [-0.39, 0.29) is 0 Å². The van der Waals surface area contributed by atoms with Crippen LogP contribution in [0.5, 0.6) is 11.5 Å². The molecule has 0 fully saturated rings. The van der Waals surface area contributed by atoms with Crippen molar-refractivity contribution >= 4 is 15.9 Å². The second-order valence-corrected chi connectivity index (χ2v) is 4.07. The van der Waals surface area contributed by atoms with E-state index >= 15 is 0 Å². The van der Waals surface area contributed by atoms with Crippen LogP contribution in [0.1, 0.15) is 18.1 Å². The number of hydrogen-bond donors (Lipinski definition) is 1. The number of aliphatic hydroxyl groups excluding tert-OH is 1. The molecule has 0 saturated carbocycles. The molecule has 1 heterocycles. The molecule has 0 saturated heterocycles. The summed E-state index contributed by atoms with van der Waals surface area (Å²) in [6.07, 6.45) is 0.396. The zero-order valence-corrected chi connectivity index (χ0v) is 9.87. The Morgan fingerprint density at radius 2 is 2.00 bits per heavy atom. The van der Waals surface area contributed by atoms with Crippen LogP contribution in [0.2, 0.25) is 0 Å². The number of benzene rings is 1. The summed E-state index contributed by atoms with van der Waals surface area (Å²) in [4.78, 5) is 0. The lowest BCUT2D eigenvalue weighted by Crippen LogP contribution is -1.99. The first kappa shape index (κ1) is 10.8. The highest BCUT2D eigenvalue weighted by molar-refractivity contribution is 9.09. The highest BCUT2D eigenvalue weighted by Crippen LogP contribution is 2.32. The van der Waals surface area contributed by atoms with Crippen LogP contribution in [0.3, 0.4) is 0 Å². The van der Waals surface area contributed by atoms with E-state index in [1.54, 1.807) is 0 Å². The molecule has 1 atom stereocenters. The van der Waals surface area contributed by atoms with Gasteiger partial charge in [-0.1, -0.05) is 22.0 Å². The molecule has 0 spiro atoms. The smallest absolute Gasteiger partial charge is 0.161 e. The average Bonchev–Trinajstić information content (AvgIpc) is 2.51. The number of rotatable bonds is 2. The van der Waals surface area contributed by atoms with E-state index in [9.17, 15) is 5.11 Å². The minimum absolute atomic E-state index is 0.498. The molecule has 0 unspecified atom stereocenters. The predicted molar refractivity (Wildman–Crippen MR) is 60.8 cm³/mol. The average molecular weight is 273 g/mol. The van der Waals surface area contributed by atoms with Crippen molar-refractivity contribution in [2.24, 2.45) is 0 Å². The number of alkyl halides is 1. The Bertz CT molecular complexity index is 341. The topological polar surface area (TPSA) is 38.7 Å². The summed E-state index contributed by atoms with van der Waals surface area (Å²) in [7, 11) is 0. The highest BCUT2D eigenvalue weighted by Gasteiger charge is 2.13. The number of ether oxygens (including phenoxy) is 2. The zero-order valence-electron chi connectivity index (χ0n) is 8.28. The van der Waals surface area contributed by atoms with Crippen LogP contribution in [0.4, 0.5) is 0 Å². The first-order valence-corrected chi connectivity index (χ1v) is 6.07. The molecule has 1 N–H and O–H groups in total. The summed E-state index contributed by atoms with van der Waals surface area (Å²) >= 11 is 3.24. The lowest BCUT2D eigenvalue weighted by molar-refractivity contribution is 0.204. The van der Waals surface area contributed by atoms with Crippen molar-refractivity contribution in [2.75, 3.05) is 18.5 Å². The Morgan fingerprint density at radius 3 is 2.73 bits per heavy atom. The minimum atomic E-state index is -0.498. The van der Waals surface area contributed by atoms with E-state index in [1.165, 1.54) is 0 Å². The molecule has 1 aliphatic heterocycles. The highest BCUT2D eigenvalue weighted by atomic mass is 79.9. The van der Waals surface area contributed by atoms with Gasteiger partial charge in [0.1, 0.15) is 0 Å². The molecule has 0 bridgehead atoms. The van der Waals surface area contributed by atoms with Gasteiger partial charge in [-0.3, -0.25) is 0 Å². The summed E-state index contributed by atoms with van der Waals surface area (Å²) in [5.41, 5.74) is 0.844. The van der Waals surface area contributed by atoms with Crippen LogP contribution in [-0.2, 0) is 0 Å². The molecule has 1 aliphatic rings. The van der Waals surface area contributed by atoms with Gasteiger partial charge in [0.05, 0.1) is 19.3 Å². The fraction of sp³-hybridized carbons (Fsp3) is 0.455. The van der Waals surface area contributed by atoms with E-state index in [0.29, 0.717) is 18.5 Å². The quantitative estimate of drug-likeness (QED) is 0.840. The second-order valence-electron chi connectivity index (χ2n) is 3.43. The van der Waals surface area contributed by atoms with E-state index < -0.39 is 6.10 Å². The molecule has 0 aliphatic carbocycles. The van der Waals surface area contributed by atoms with Gasteiger partial charge in [0, 0.05) is 11.8 Å². The first-order chi connectivity index (χ1) is 7.31. The molecular formula is C11H13BrO3. The van der Waals surface area contributed by atoms with Crippen molar-refractivity contribution in [1.29, 1.82) is 0 Å². The largest absolute Gasteiger partial charge is 0.490 e. The Kier molecular flexibility index (Phi) is 3.49. The standard InChI is InChI=1S/C11H13BrO3/c12-7-9(13)8-2-3-10-11(6-8)15-5-1-4-14-10/h2-3,6,9,13H,1,4-5,7H2/t9-/m1/s1. The summed E-state index contributed by atoms with van der Waals surface area (Å²) in [5.74, 6) is 1.49. The van der Waals surface area contributed by atoms with Crippen molar-refractivity contribution in [1.82, 2.24) is 0 Å². The summed E-state index contributed by atoms with van der Waals surface area (Å²) in [5, 5.41) is 10.2. The van der Waals surface area contributed by atoms with Gasteiger partial charge in [0.15, 0.2) is 11.5 Å². The fourth-order valence-electron chi connectivity index (χ4n) is 1.48. The van der Waals surface area contributed by atoms with E-state index in [1.807, 2.05) is 18.2 Å².